The Morgan fingerprint density at radius 2 is 2.00 bits per heavy atom. The molecule has 1 aromatic carbocycles. The number of nitrogens with one attached hydrogen (secondary N) is 1. The van der Waals surface area contributed by atoms with Crippen LogP contribution in [0.3, 0.4) is 0 Å². The van der Waals surface area contributed by atoms with Gasteiger partial charge in [0.15, 0.2) is 5.82 Å². The molecular weight excluding hydrogens is 314 g/mol. The van der Waals surface area contributed by atoms with E-state index in [1.807, 2.05) is 39.0 Å². The third kappa shape index (κ3) is 4.91. The highest BCUT2D eigenvalue weighted by Gasteiger charge is 2.33. The van der Waals surface area contributed by atoms with Crippen LogP contribution in [0.5, 0.6) is 0 Å². The van der Waals surface area contributed by atoms with Crippen LogP contribution in [0.2, 0.25) is 0 Å². The monoisotopic (exact) mass is 341 g/mol. The molecule has 0 spiro atoms. The van der Waals surface area contributed by atoms with Gasteiger partial charge in [-0.1, -0.05) is 56.3 Å². The molecule has 2 aromatic rings. The molecule has 1 N–H and O–H groups in total. The van der Waals surface area contributed by atoms with E-state index in [1.165, 1.54) is 18.4 Å². The Bertz CT molecular complexity index is 699. The van der Waals surface area contributed by atoms with E-state index in [4.69, 9.17) is 4.52 Å². The molecule has 1 unspecified atom stereocenters. The zero-order valence-electron chi connectivity index (χ0n) is 15.3. The molecule has 3 rings (SSSR count). The molecule has 5 nitrogen and oxygen atoms in total. The molecule has 1 aliphatic rings. The van der Waals surface area contributed by atoms with Crippen molar-refractivity contribution < 1.29 is 9.32 Å². The summed E-state index contributed by atoms with van der Waals surface area (Å²) in [6.45, 7) is 6.64. The maximum absolute atomic E-state index is 12.3. The van der Waals surface area contributed by atoms with Crippen LogP contribution >= 0.6 is 0 Å². The lowest BCUT2D eigenvalue weighted by atomic mass is 9.91. The van der Waals surface area contributed by atoms with Crippen LogP contribution < -0.4 is 5.32 Å². The largest absolute Gasteiger partial charge is 0.356 e. The van der Waals surface area contributed by atoms with E-state index in [2.05, 4.69) is 27.6 Å². The standard InChI is InChI=1S/C20H27N3O2/c1-20(2,3)19-22-17(23-25-19)11-12-21-18(24)13-16(15-9-10-15)14-7-5-4-6-8-14/h4-8,15-16H,9-13H2,1-3H3,(H,21,24). The van der Waals surface area contributed by atoms with E-state index < -0.39 is 0 Å². The van der Waals surface area contributed by atoms with Gasteiger partial charge in [0, 0.05) is 24.8 Å². The van der Waals surface area contributed by atoms with Gasteiger partial charge in [-0.2, -0.15) is 4.98 Å². The SMILES string of the molecule is CC(C)(C)c1nc(CCNC(=O)CC(c2ccccc2)C2CC2)no1. The minimum Gasteiger partial charge on any atom is -0.356 e. The van der Waals surface area contributed by atoms with Crippen molar-refractivity contribution in [2.24, 2.45) is 5.92 Å². The van der Waals surface area contributed by atoms with Gasteiger partial charge in [-0.05, 0) is 30.2 Å². The van der Waals surface area contributed by atoms with Crippen molar-refractivity contribution in [1.29, 1.82) is 0 Å². The fourth-order valence-electron chi connectivity index (χ4n) is 3.00. The van der Waals surface area contributed by atoms with E-state index in [0.29, 0.717) is 42.9 Å². The summed E-state index contributed by atoms with van der Waals surface area (Å²) in [6, 6.07) is 10.4. The minimum absolute atomic E-state index is 0.0975. The summed E-state index contributed by atoms with van der Waals surface area (Å²) in [7, 11) is 0. The molecular formula is C20H27N3O2. The number of benzene rings is 1. The van der Waals surface area contributed by atoms with Crippen molar-refractivity contribution in [3.05, 3.63) is 47.6 Å². The van der Waals surface area contributed by atoms with Gasteiger partial charge in [0.25, 0.3) is 0 Å². The molecule has 134 valence electrons. The van der Waals surface area contributed by atoms with E-state index in [0.717, 1.165) is 0 Å². The first-order valence-electron chi connectivity index (χ1n) is 9.08. The van der Waals surface area contributed by atoms with Crippen LogP contribution in [0.4, 0.5) is 0 Å². The first-order chi connectivity index (χ1) is 11.9. The van der Waals surface area contributed by atoms with Gasteiger partial charge in [0.05, 0.1) is 0 Å². The molecule has 1 saturated carbocycles. The molecule has 5 heteroatoms. The maximum atomic E-state index is 12.3. The number of aromatic nitrogens is 2. The number of hydrogen-bond acceptors (Lipinski definition) is 4. The highest BCUT2D eigenvalue weighted by molar-refractivity contribution is 5.77. The van der Waals surface area contributed by atoms with Crippen molar-refractivity contribution in [2.45, 2.75) is 57.8 Å². The van der Waals surface area contributed by atoms with Gasteiger partial charge in [-0.15, -0.1) is 0 Å². The molecule has 25 heavy (non-hydrogen) atoms. The van der Waals surface area contributed by atoms with E-state index in [-0.39, 0.29) is 11.3 Å². The summed E-state index contributed by atoms with van der Waals surface area (Å²) in [6.07, 6.45) is 3.59. The fourth-order valence-corrected chi connectivity index (χ4v) is 3.00. The molecule has 1 heterocycles. The van der Waals surface area contributed by atoms with Crippen LogP contribution in [-0.4, -0.2) is 22.6 Å². The Morgan fingerprint density at radius 1 is 1.28 bits per heavy atom. The van der Waals surface area contributed by atoms with Crippen molar-refractivity contribution in [2.75, 3.05) is 6.54 Å². The summed E-state index contributed by atoms with van der Waals surface area (Å²) in [4.78, 5) is 16.7. The normalized spacial score (nSPS) is 15.8. The lowest BCUT2D eigenvalue weighted by Crippen LogP contribution is -2.27. The lowest BCUT2D eigenvalue weighted by Gasteiger charge is -2.16. The highest BCUT2D eigenvalue weighted by atomic mass is 16.5. The maximum Gasteiger partial charge on any atom is 0.232 e. The molecule has 0 saturated heterocycles. The zero-order chi connectivity index (χ0) is 17.9. The summed E-state index contributed by atoms with van der Waals surface area (Å²) in [5.41, 5.74) is 1.12. The zero-order valence-corrected chi connectivity index (χ0v) is 15.3. The summed E-state index contributed by atoms with van der Waals surface area (Å²) in [5.74, 6) is 2.36. The summed E-state index contributed by atoms with van der Waals surface area (Å²) in [5, 5.41) is 6.99. The Labute approximate surface area is 149 Å². The van der Waals surface area contributed by atoms with Gasteiger partial charge >= 0.3 is 0 Å². The lowest BCUT2D eigenvalue weighted by molar-refractivity contribution is -0.121. The highest BCUT2D eigenvalue weighted by Crippen LogP contribution is 2.44. The predicted octanol–water partition coefficient (Wildman–Crippen LogP) is 3.61. The molecule has 1 fully saturated rings. The van der Waals surface area contributed by atoms with Gasteiger partial charge in [0.2, 0.25) is 11.8 Å². The molecule has 0 aliphatic heterocycles. The Kier molecular flexibility index (Phi) is 5.21. The summed E-state index contributed by atoms with van der Waals surface area (Å²) >= 11 is 0. The second-order valence-corrected chi connectivity index (χ2v) is 7.92. The van der Waals surface area contributed by atoms with Crippen LogP contribution in [0, 0.1) is 5.92 Å². The number of amides is 1. The van der Waals surface area contributed by atoms with Gasteiger partial charge < -0.3 is 9.84 Å². The molecule has 1 amide bonds. The molecule has 1 atom stereocenters. The third-order valence-corrected chi connectivity index (χ3v) is 4.60. The molecule has 1 aromatic heterocycles. The molecule has 1 aliphatic carbocycles. The van der Waals surface area contributed by atoms with Gasteiger partial charge in [-0.25, -0.2) is 0 Å². The summed E-state index contributed by atoms with van der Waals surface area (Å²) < 4.78 is 5.27. The van der Waals surface area contributed by atoms with Crippen LogP contribution in [-0.2, 0) is 16.6 Å². The topological polar surface area (TPSA) is 68.0 Å². The number of carbonyl (C=O) groups excluding carboxylic acids is 1. The number of nitrogens with zero attached hydrogens (tertiary/aromatic N) is 2. The van der Waals surface area contributed by atoms with Crippen molar-refractivity contribution in [3.8, 4) is 0 Å². The fraction of sp³-hybridized carbons (Fsp3) is 0.550. The van der Waals surface area contributed by atoms with E-state index in [9.17, 15) is 4.79 Å². The van der Waals surface area contributed by atoms with Crippen LogP contribution in [0.15, 0.2) is 34.9 Å². The minimum atomic E-state index is -0.151. The average molecular weight is 341 g/mol. The van der Waals surface area contributed by atoms with Crippen molar-refractivity contribution >= 4 is 5.91 Å². The van der Waals surface area contributed by atoms with Crippen LogP contribution in [0.25, 0.3) is 0 Å². The van der Waals surface area contributed by atoms with E-state index in [1.54, 1.807) is 0 Å². The third-order valence-electron chi connectivity index (χ3n) is 4.60. The Morgan fingerprint density at radius 3 is 2.60 bits per heavy atom. The van der Waals surface area contributed by atoms with Crippen LogP contribution in [0.1, 0.15) is 63.2 Å². The number of carbonyl (C=O) groups is 1. The van der Waals surface area contributed by atoms with E-state index >= 15 is 0 Å². The van der Waals surface area contributed by atoms with Gasteiger partial charge in [0.1, 0.15) is 0 Å². The molecule has 0 bridgehead atoms. The first kappa shape index (κ1) is 17.6. The van der Waals surface area contributed by atoms with Gasteiger partial charge in [-0.3, -0.25) is 4.79 Å². The number of rotatable bonds is 7. The van der Waals surface area contributed by atoms with Crippen molar-refractivity contribution in [1.82, 2.24) is 15.5 Å². The Hall–Kier alpha value is -2.17. The Balaban J connectivity index is 1.48. The second kappa shape index (κ2) is 7.38. The molecule has 0 radical (unpaired) electrons. The number of hydrogen-bond donors (Lipinski definition) is 1. The smallest absolute Gasteiger partial charge is 0.232 e. The predicted molar refractivity (Wildman–Crippen MR) is 96.2 cm³/mol. The quantitative estimate of drug-likeness (QED) is 0.835. The first-order valence-corrected chi connectivity index (χ1v) is 9.08. The van der Waals surface area contributed by atoms with Crippen molar-refractivity contribution in [3.63, 3.8) is 0 Å². The average Bonchev–Trinajstić information content (AvgIpc) is 3.30. The second-order valence-electron chi connectivity index (χ2n) is 7.92.